The summed E-state index contributed by atoms with van der Waals surface area (Å²) in [5.41, 5.74) is 0. The molecule has 0 rings (SSSR count). The molecule has 0 aromatic rings. The Labute approximate surface area is 104 Å². The van der Waals surface area contributed by atoms with E-state index in [1.165, 1.54) is 0 Å². The molecule has 0 radical (unpaired) electrons. The summed E-state index contributed by atoms with van der Waals surface area (Å²) in [6, 6.07) is 0. The van der Waals surface area contributed by atoms with Crippen molar-refractivity contribution in [3.05, 3.63) is 0 Å². The van der Waals surface area contributed by atoms with E-state index in [1.54, 1.807) is 0 Å². The van der Waals surface area contributed by atoms with Gasteiger partial charge in [-0.05, 0) is 6.92 Å². The molecule has 0 amide bonds. The number of carboxylic acids is 3. The van der Waals surface area contributed by atoms with Crippen LogP contribution in [0.1, 0.15) is 19.8 Å². The molecule has 0 bridgehead atoms. The fourth-order valence-electron chi connectivity index (χ4n) is 1.16. The first-order chi connectivity index (χ1) is 8.24. The third-order valence-corrected chi connectivity index (χ3v) is 3.48. The summed E-state index contributed by atoms with van der Waals surface area (Å²) in [5.74, 6) is -3.90. The van der Waals surface area contributed by atoms with Gasteiger partial charge in [-0.1, -0.05) is 0 Å². The molecule has 0 aliphatic carbocycles. The Morgan fingerprint density at radius 3 is 2.11 bits per heavy atom. The lowest BCUT2D eigenvalue weighted by atomic mass is 10.0. The SMILES string of the molecule is CC([PH2]=O)(C(=O)O)C(CC(=O)O)OCCC(=O)O. The highest BCUT2D eigenvalue weighted by molar-refractivity contribution is 7.27. The standard InChI is InChI=1S/C9H15O8P/c1-9(18-16,8(14)15)5(4-7(12)13)17-3-2-6(10)11/h5H,2-4,18H2,1H3,(H,10,11)(H,12,13)(H,14,15). The fraction of sp³-hybridized carbons (Fsp3) is 0.667. The molecular weight excluding hydrogens is 267 g/mol. The quantitative estimate of drug-likeness (QED) is 0.499. The van der Waals surface area contributed by atoms with Gasteiger partial charge in [-0.15, -0.1) is 0 Å². The maximum Gasteiger partial charge on any atom is 0.319 e. The maximum absolute atomic E-state index is 11.0. The first-order valence-electron chi connectivity index (χ1n) is 4.99. The Bertz CT molecular complexity index is 354. The molecule has 3 atom stereocenters. The third-order valence-electron chi connectivity index (χ3n) is 2.37. The summed E-state index contributed by atoms with van der Waals surface area (Å²) >= 11 is 0. The van der Waals surface area contributed by atoms with Crippen molar-refractivity contribution in [3.63, 3.8) is 0 Å². The van der Waals surface area contributed by atoms with Crippen molar-refractivity contribution in [2.45, 2.75) is 31.0 Å². The number of hydrogen-bond acceptors (Lipinski definition) is 5. The second-order valence-corrected chi connectivity index (χ2v) is 5.24. The molecule has 9 heteroatoms. The van der Waals surface area contributed by atoms with E-state index in [1.807, 2.05) is 0 Å². The van der Waals surface area contributed by atoms with Crippen LogP contribution < -0.4 is 0 Å². The summed E-state index contributed by atoms with van der Waals surface area (Å²) in [7, 11) is -1.83. The van der Waals surface area contributed by atoms with Crippen molar-refractivity contribution in [1.82, 2.24) is 0 Å². The summed E-state index contributed by atoms with van der Waals surface area (Å²) in [6.45, 7) is 0.779. The van der Waals surface area contributed by atoms with Gasteiger partial charge in [-0.2, -0.15) is 0 Å². The molecular formula is C9H15O8P. The van der Waals surface area contributed by atoms with Crippen molar-refractivity contribution in [1.29, 1.82) is 0 Å². The topological polar surface area (TPSA) is 138 Å². The van der Waals surface area contributed by atoms with E-state index < -0.39 is 44.0 Å². The number of ether oxygens (including phenoxy) is 1. The first kappa shape index (κ1) is 16.6. The normalized spacial score (nSPS) is 16.3. The number of aliphatic carboxylic acids is 3. The van der Waals surface area contributed by atoms with Crippen molar-refractivity contribution < 1.29 is 39.0 Å². The van der Waals surface area contributed by atoms with E-state index in [9.17, 15) is 18.9 Å². The predicted octanol–water partition coefficient (Wildman–Crippen LogP) is -0.0794. The Balaban J connectivity index is 4.85. The van der Waals surface area contributed by atoms with Crippen LogP contribution in [0, 0.1) is 0 Å². The van der Waals surface area contributed by atoms with Crippen molar-refractivity contribution in [3.8, 4) is 0 Å². The van der Waals surface area contributed by atoms with Gasteiger partial charge in [-0.3, -0.25) is 14.4 Å². The molecule has 0 fully saturated rings. The van der Waals surface area contributed by atoms with Gasteiger partial charge in [0.1, 0.15) is 5.16 Å². The minimum Gasteiger partial charge on any atom is -0.481 e. The lowest BCUT2D eigenvalue weighted by Gasteiger charge is -2.28. The predicted molar refractivity (Wildman–Crippen MR) is 60.7 cm³/mol. The lowest BCUT2D eigenvalue weighted by Crippen LogP contribution is -2.45. The smallest absolute Gasteiger partial charge is 0.319 e. The Kier molecular flexibility index (Phi) is 6.57. The van der Waals surface area contributed by atoms with Crippen LogP contribution in [0.2, 0.25) is 0 Å². The monoisotopic (exact) mass is 282 g/mol. The fourth-order valence-corrected chi connectivity index (χ4v) is 1.62. The second kappa shape index (κ2) is 7.13. The molecule has 8 nitrogen and oxygen atoms in total. The average Bonchev–Trinajstić information content (AvgIpc) is 2.25. The molecule has 0 saturated carbocycles. The molecule has 0 aliphatic rings. The number of rotatable bonds is 9. The largest absolute Gasteiger partial charge is 0.481 e. The van der Waals surface area contributed by atoms with Crippen molar-refractivity contribution in [2.75, 3.05) is 6.61 Å². The van der Waals surface area contributed by atoms with Gasteiger partial charge in [0, 0.05) is 0 Å². The number of carboxylic acid groups (broad SMARTS) is 3. The Hall–Kier alpha value is -1.40. The molecule has 18 heavy (non-hydrogen) atoms. The van der Waals surface area contributed by atoms with Gasteiger partial charge < -0.3 is 24.6 Å². The minimum atomic E-state index is -1.83. The highest BCUT2D eigenvalue weighted by Crippen LogP contribution is 2.31. The van der Waals surface area contributed by atoms with Crippen LogP contribution in [0.25, 0.3) is 0 Å². The summed E-state index contributed by atoms with van der Waals surface area (Å²) in [5, 5.41) is 24.2. The highest BCUT2D eigenvalue weighted by Gasteiger charge is 2.43. The second-order valence-electron chi connectivity index (χ2n) is 3.81. The zero-order chi connectivity index (χ0) is 14.3. The summed E-state index contributed by atoms with van der Waals surface area (Å²) < 4.78 is 16.0. The van der Waals surface area contributed by atoms with Crippen LogP contribution in [0.5, 0.6) is 0 Å². The zero-order valence-electron chi connectivity index (χ0n) is 9.66. The maximum atomic E-state index is 11.0. The van der Waals surface area contributed by atoms with Gasteiger partial charge in [0.15, 0.2) is 0 Å². The highest BCUT2D eigenvalue weighted by atomic mass is 31.1. The summed E-state index contributed by atoms with van der Waals surface area (Å²) in [4.78, 5) is 31.9. The van der Waals surface area contributed by atoms with Gasteiger partial charge in [0.2, 0.25) is 0 Å². The molecule has 0 saturated heterocycles. The van der Waals surface area contributed by atoms with E-state index in [2.05, 4.69) is 0 Å². The van der Waals surface area contributed by atoms with Crippen molar-refractivity contribution >= 4 is 26.4 Å². The number of carbonyl (C=O) groups is 3. The molecule has 3 N–H and O–H groups in total. The van der Waals surface area contributed by atoms with Crippen LogP contribution in [0.15, 0.2) is 0 Å². The molecule has 104 valence electrons. The Morgan fingerprint density at radius 1 is 1.22 bits per heavy atom. The van der Waals surface area contributed by atoms with E-state index >= 15 is 0 Å². The molecule has 3 unspecified atom stereocenters. The number of hydrogen-bond donors (Lipinski definition) is 3. The van der Waals surface area contributed by atoms with Crippen molar-refractivity contribution in [2.24, 2.45) is 0 Å². The molecule has 0 aromatic heterocycles. The van der Waals surface area contributed by atoms with Crippen LogP contribution >= 0.6 is 8.46 Å². The van der Waals surface area contributed by atoms with Gasteiger partial charge in [-0.25, -0.2) is 0 Å². The average molecular weight is 282 g/mol. The van der Waals surface area contributed by atoms with Crippen LogP contribution in [-0.4, -0.2) is 51.1 Å². The zero-order valence-corrected chi connectivity index (χ0v) is 10.8. The van der Waals surface area contributed by atoms with Gasteiger partial charge in [0.05, 0.1) is 34.0 Å². The van der Waals surface area contributed by atoms with E-state index in [0.717, 1.165) is 6.92 Å². The van der Waals surface area contributed by atoms with E-state index in [4.69, 9.17) is 20.1 Å². The molecule has 0 spiro atoms. The summed E-state index contributed by atoms with van der Waals surface area (Å²) in [6.07, 6.45) is -2.38. The van der Waals surface area contributed by atoms with E-state index in [-0.39, 0.29) is 13.0 Å². The molecule has 0 aliphatic heterocycles. The van der Waals surface area contributed by atoms with Crippen LogP contribution in [-0.2, 0) is 23.7 Å². The lowest BCUT2D eigenvalue weighted by molar-refractivity contribution is -0.148. The van der Waals surface area contributed by atoms with Crippen LogP contribution in [0.3, 0.4) is 0 Å². The van der Waals surface area contributed by atoms with Gasteiger partial charge in [0.25, 0.3) is 0 Å². The van der Waals surface area contributed by atoms with Crippen LogP contribution in [0.4, 0.5) is 0 Å². The van der Waals surface area contributed by atoms with E-state index in [0.29, 0.717) is 0 Å². The molecule has 0 aromatic carbocycles. The third kappa shape index (κ3) is 4.85. The van der Waals surface area contributed by atoms with Gasteiger partial charge >= 0.3 is 17.9 Å². The molecule has 0 heterocycles. The Morgan fingerprint density at radius 2 is 1.78 bits per heavy atom. The first-order valence-corrected chi connectivity index (χ1v) is 6.03. The minimum absolute atomic E-state index is 0.338.